The topological polar surface area (TPSA) is 92.9 Å². The number of thioether (sulfide) groups is 1. The number of amides is 1. The van der Waals surface area contributed by atoms with Crippen LogP contribution in [0.5, 0.6) is 0 Å². The number of carboxylic acids is 1. The van der Waals surface area contributed by atoms with Crippen molar-refractivity contribution < 1.29 is 19.4 Å². The molecule has 2 heterocycles. The van der Waals surface area contributed by atoms with Crippen LogP contribution in [0.3, 0.4) is 0 Å². The van der Waals surface area contributed by atoms with E-state index in [0.717, 1.165) is 5.75 Å². The molecule has 2 fully saturated rings. The second-order valence-electron chi connectivity index (χ2n) is 4.70. The van der Waals surface area contributed by atoms with Gasteiger partial charge in [0, 0.05) is 31.3 Å². The zero-order valence-electron chi connectivity index (χ0n) is 10.1. The van der Waals surface area contributed by atoms with Gasteiger partial charge in [-0.1, -0.05) is 0 Å². The Morgan fingerprint density at radius 2 is 2.06 bits per heavy atom. The third-order valence-corrected chi connectivity index (χ3v) is 4.51. The molecule has 0 aliphatic carbocycles. The van der Waals surface area contributed by atoms with Crippen molar-refractivity contribution in [1.82, 2.24) is 4.90 Å². The average Bonchev–Trinajstić information content (AvgIpc) is 2.38. The van der Waals surface area contributed by atoms with Gasteiger partial charge in [-0.2, -0.15) is 11.8 Å². The molecule has 1 unspecified atom stereocenters. The first-order valence-corrected chi connectivity index (χ1v) is 7.18. The van der Waals surface area contributed by atoms with Crippen molar-refractivity contribution in [2.45, 2.75) is 24.4 Å². The maximum Gasteiger partial charge on any atom is 0.327 e. The number of nitrogens with two attached hydrogens (primary N) is 1. The van der Waals surface area contributed by atoms with Crippen LogP contribution in [0.15, 0.2) is 0 Å². The molecule has 2 saturated heterocycles. The quantitative estimate of drug-likeness (QED) is 0.706. The van der Waals surface area contributed by atoms with Crippen molar-refractivity contribution in [2.75, 3.05) is 31.3 Å². The van der Waals surface area contributed by atoms with E-state index in [1.165, 1.54) is 4.90 Å². The van der Waals surface area contributed by atoms with Crippen molar-refractivity contribution in [3.8, 4) is 0 Å². The van der Waals surface area contributed by atoms with Gasteiger partial charge in [-0.3, -0.25) is 4.79 Å². The first-order valence-electron chi connectivity index (χ1n) is 6.03. The number of carboxylic acid groups (broad SMARTS) is 1. The summed E-state index contributed by atoms with van der Waals surface area (Å²) in [4.78, 5) is 25.1. The third-order valence-electron chi connectivity index (χ3n) is 3.49. The van der Waals surface area contributed by atoms with E-state index >= 15 is 0 Å². The maximum absolute atomic E-state index is 12.5. The number of carbonyl (C=O) groups is 2. The van der Waals surface area contributed by atoms with Gasteiger partial charge in [0.05, 0.1) is 5.54 Å². The summed E-state index contributed by atoms with van der Waals surface area (Å²) in [6, 6.07) is -0.750. The molecule has 0 aromatic carbocycles. The van der Waals surface area contributed by atoms with Crippen molar-refractivity contribution >= 4 is 23.6 Å². The lowest BCUT2D eigenvalue weighted by Crippen LogP contribution is -2.62. The average molecular weight is 274 g/mol. The summed E-state index contributed by atoms with van der Waals surface area (Å²) in [6.45, 7) is 1.38. The molecule has 0 bridgehead atoms. The minimum Gasteiger partial charge on any atom is -0.480 e. The van der Waals surface area contributed by atoms with Crippen molar-refractivity contribution in [2.24, 2.45) is 5.73 Å². The van der Waals surface area contributed by atoms with Gasteiger partial charge in [-0.25, -0.2) is 4.79 Å². The maximum atomic E-state index is 12.5. The Morgan fingerprint density at radius 3 is 2.67 bits per heavy atom. The van der Waals surface area contributed by atoms with Gasteiger partial charge in [-0.15, -0.1) is 0 Å². The standard InChI is InChI=1S/C11H18N2O4S/c12-11(1-4-17-5-2-11)10(16)13-3-6-18-7-8(13)9(14)15/h8H,1-7,12H2,(H,14,15). The second kappa shape index (κ2) is 5.46. The molecule has 0 radical (unpaired) electrons. The molecule has 6 nitrogen and oxygen atoms in total. The largest absolute Gasteiger partial charge is 0.480 e. The molecule has 2 rings (SSSR count). The summed E-state index contributed by atoms with van der Waals surface area (Å²) in [5.74, 6) is 0.0140. The van der Waals surface area contributed by atoms with Crippen molar-refractivity contribution in [3.63, 3.8) is 0 Å². The Hall–Kier alpha value is -0.790. The van der Waals surface area contributed by atoms with Crippen LogP contribution >= 0.6 is 11.8 Å². The Kier molecular flexibility index (Phi) is 4.14. The van der Waals surface area contributed by atoms with Gasteiger partial charge < -0.3 is 20.5 Å². The molecule has 1 atom stereocenters. The van der Waals surface area contributed by atoms with Gasteiger partial charge in [-0.05, 0) is 12.8 Å². The highest BCUT2D eigenvalue weighted by molar-refractivity contribution is 7.99. The number of hydrogen-bond donors (Lipinski definition) is 2. The van der Waals surface area contributed by atoms with E-state index in [2.05, 4.69) is 0 Å². The van der Waals surface area contributed by atoms with E-state index in [0.29, 0.717) is 38.4 Å². The highest BCUT2D eigenvalue weighted by Gasteiger charge is 2.43. The van der Waals surface area contributed by atoms with E-state index in [1.807, 2.05) is 0 Å². The van der Waals surface area contributed by atoms with Crippen LogP contribution in [-0.2, 0) is 14.3 Å². The van der Waals surface area contributed by atoms with Crippen LogP contribution in [-0.4, -0.2) is 64.7 Å². The first kappa shape index (κ1) is 13.6. The summed E-state index contributed by atoms with van der Waals surface area (Å²) in [5, 5.41) is 9.17. The van der Waals surface area contributed by atoms with Crippen LogP contribution < -0.4 is 5.73 Å². The lowest BCUT2D eigenvalue weighted by atomic mass is 9.89. The van der Waals surface area contributed by atoms with Gasteiger partial charge in [0.2, 0.25) is 5.91 Å². The zero-order chi connectivity index (χ0) is 13.2. The highest BCUT2D eigenvalue weighted by atomic mass is 32.2. The SMILES string of the molecule is NC1(C(=O)N2CCSCC2C(=O)O)CCOCC1. The number of hydrogen-bond acceptors (Lipinski definition) is 5. The predicted molar refractivity (Wildman–Crippen MR) is 67.4 cm³/mol. The second-order valence-corrected chi connectivity index (χ2v) is 5.85. The summed E-state index contributed by atoms with van der Waals surface area (Å²) in [5.41, 5.74) is 5.17. The summed E-state index contributed by atoms with van der Waals surface area (Å²) in [6.07, 6.45) is 0.920. The Labute approximate surface area is 110 Å². The first-order chi connectivity index (χ1) is 8.54. The smallest absolute Gasteiger partial charge is 0.327 e. The summed E-state index contributed by atoms with van der Waals surface area (Å²) >= 11 is 1.56. The molecular weight excluding hydrogens is 256 g/mol. The molecule has 0 aromatic rings. The Bertz CT molecular complexity index is 344. The summed E-state index contributed by atoms with van der Waals surface area (Å²) in [7, 11) is 0. The number of ether oxygens (including phenoxy) is 1. The molecule has 18 heavy (non-hydrogen) atoms. The summed E-state index contributed by atoms with van der Waals surface area (Å²) < 4.78 is 5.21. The van der Waals surface area contributed by atoms with Crippen molar-refractivity contribution in [1.29, 1.82) is 0 Å². The fourth-order valence-electron chi connectivity index (χ4n) is 2.29. The lowest BCUT2D eigenvalue weighted by Gasteiger charge is -2.40. The van der Waals surface area contributed by atoms with Crippen LogP contribution in [0.25, 0.3) is 0 Å². The molecule has 2 aliphatic rings. The van der Waals surface area contributed by atoms with E-state index < -0.39 is 17.6 Å². The van der Waals surface area contributed by atoms with Gasteiger partial charge in [0.1, 0.15) is 6.04 Å². The molecule has 102 valence electrons. The van der Waals surface area contributed by atoms with Crippen molar-refractivity contribution in [3.05, 3.63) is 0 Å². The van der Waals surface area contributed by atoms with Gasteiger partial charge in [0.25, 0.3) is 0 Å². The van der Waals surface area contributed by atoms with Crippen LogP contribution in [0, 0.1) is 0 Å². The minimum atomic E-state index is -0.953. The van der Waals surface area contributed by atoms with E-state index in [9.17, 15) is 9.59 Å². The number of rotatable bonds is 2. The molecule has 0 spiro atoms. The molecule has 3 N–H and O–H groups in total. The zero-order valence-corrected chi connectivity index (χ0v) is 10.9. The van der Waals surface area contributed by atoms with E-state index in [-0.39, 0.29) is 5.91 Å². The monoisotopic (exact) mass is 274 g/mol. The van der Waals surface area contributed by atoms with Crippen LogP contribution in [0.1, 0.15) is 12.8 Å². The lowest BCUT2D eigenvalue weighted by molar-refractivity contribution is -0.153. The highest BCUT2D eigenvalue weighted by Crippen LogP contribution is 2.25. The normalized spacial score (nSPS) is 27.8. The van der Waals surface area contributed by atoms with E-state index in [1.54, 1.807) is 11.8 Å². The molecule has 2 aliphatic heterocycles. The van der Waals surface area contributed by atoms with Gasteiger partial charge in [0.15, 0.2) is 0 Å². The molecule has 0 saturated carbocycles. The van der Waals surface area contributed by atoms with Crippen LogP contribution in [0.2, 0.25) is 0 Å². The number of aliphatic carboxylic acids is 1. The number of carbonyl (C=O) groups excluding carboxylic acids is 1. The number of nitrogens with zero attached hydrogens (tertiary/aromatic N) is 1. The fraction of sp³-hybridized carbons (Fsp3) is 0.818. The minimum absolute atomic E-state index is 0.237. The Balaban J connectivity index is 2.12. The molecule has 0 aromatic heterocycles. The molecular formula is C11H18N2O4S. The molecule has 1 amide bonds. The van der Waals surface area contributed by atoms with E-state index in [4.69, 9.17) is 15.6 Å². The van der Waals surface area contributed by atoms with Gasteiger partial charge >= 0.3 is 5.97 Å². The molecule has 7 heteroatoms. The third kappa shape index (κ3) is 2.62. The Morgan fingerprint density at radius 1 is 1.39 bits per heavy atom. The van der Waals surface area contributed by atoms with Crippen LogP contribution in [0.4, 0.5) is 0 Å². The predicted octanol–water partition coefficient (Wildman–Crippen LogP) is -0.477. The fourth-order valence-corrected chi connectivity index (χ4v) is 3.33.